The molecule has 168 valence electrons. The van der Waals surface area contributed by atoms with Crippen LogP contribution in [0.1, 0.15) is 33.5 Å². The molecule has 1 aliphatic heterocycles. The molecule has 0 aliphatic carbocycles. The first kappa shape index (κ1) is 23.0. The number of rotatable bonds is 4. The Labute approximate surface area is 182 Å². The summed E-state index contributed by atoms with van der Waals surface area (Å²) in [6.45, 7) is 0.988. The highest BCUT2D eigenvalue weighted by Gasteiger charge is 2.35. The van der Waals surface area contributed by atoms with E-state index in [1.807, 2.05) is 10.6 Å². The smallest absolute Gasteiger partial charge is 0.417 e. The van der Waals surface area contributed by atoms with Crippen molar-refractivity contribution in [1.29, 1.82) is 5.41 Å². The largest absolute Gasteiger partial charge is 0.444 e. The van der Waals surface area contributed by atoms with Crippen molar-refractivity contribution in [2.24, 2.45) is 0 Å². The average molecular weight is 446 g/mol. The summed E-state index contributed by atoms with van der Waals surface area (Å²) in [5, 5.41) is 14.8. The summed E-state index contributed by atoms with van der Waals surface area (Å²) >= 11 is 0. The van der Waals surface area contributed by atoms with Crippen LogP contribution in [-0.4, -0.2) is 31.0 Å². The van der Waals surface area contributed by atoms with Crippen molar-refractivity contribution < 1.29 is 27.5 Å². The van der Waals surface area contributed by atoms with E-state index in [9.17, 15) is 22.8 Å². The molecular weight excluding hydrogens is 425 g/mol. The van der Waals surface area contributed by atoms with Crippen LogP contribution in [0.2, 0.25) is 0 Å². The minimum Gasteiger partial charge on any atom is -0.444 e. The normalized spacial score (nSPS) is 13.7. The summed E-state index contributed by atoms with van der Waals surface area (Å²) in [5.74, 6) is -1.68. The standard InChI is InChI=1S/C22H21F3N4O3/c23-22(24,25)18-12-16(6-7-17(18)15-8-10-27-11-9-15)19(30)28-20(26)29-21(31)32-13-14-4-2-1-3-5-14/h1-8,12,27H,9-11,13H2,(H3,26,28,29,30,31). The second-order valence-corrected chi connectivity index (χ2v) is 6.96. The fraction of sp³-hybridized carbons (Fsp3) is 0.227. The number of nitrogens with one attached hydrogen (secondary N) is 4. The lowest BCUT2D eigenvalue weighted by Gasteiger charge is -2.19. The predicted molar refractivity (Wildman–Crippen MR) is 112 cm³/mol. The fourth-order valence-corrected chi connectivity index (χ4v) is 3.15. The minimum absolute atomic E-state index is 0.0215. The average Bonchev–Trinajstić information content (AvgIpc) is 2.78. The number of halogens is 3. The van der Waals surface area contributed by atoms with Gasteiger partial charge in [-0.1, -0.05) is 42.5 Å². The Balaban J connectivity index is 1.64. The van der Waals surface area contributed by atoms with E-state index in [-0.39, 0.29) is 17.7 Å². The van der Waals surface area contributed by atoms with Gasteiger partial charge in [-0.05, 0) is 41.8 Å². The topological polar surface area (TPSA) is 103 Å². The lowest BCUT2D eigenvalue weighted by atomic mass is 9.93. The molecule has 0 saturated carbocycles. The van der Waals surface area contributed by atoms with E-state index in [2.05, 4.69) is 5.32 Å². The first-order valence-corrected chi connectivity index (χ1v) is 9.73. The Kier molecular flexibility index (Phi) is 7.26. The molecule has 32 heavy (non-hydrogen) atoms. The van der Waals surface area contributed by atoms with E-state index in [0.29, 0.717) is 25.1 Å². The predicted octanol–water partition coefficient (Wildman–Crippen LogP) is 3.67. The van der Waals surface area contributed by atoms with E-state index < -0.39 is 29.7 Å². The number of benzene rings is 2. The molecule has 0 bridgehead atoms. The fourth-order valence-electron chi connectivity index (χ4n) is 3.15. The highest BCUT2D eigenvalue weighted by Crippen LogP contribution is 2.36. The van der Waals surface area contributed by atoms with Crippen LogP contribution in [0.15, 0.2) is 54.6 Å². The molecule has 0 radical (unpaired) electrons. The minimum atomic E-state index is -4.66. The molecule has 4 N–H and O–H groups in total. The molecule has 2 amide bonds. The van der Waals surface area contributed by atoms with Crippen molar-refractivity contribution in [1.82, 2.24) is 16.0 Å². The molecule has 10 heteroatoms. The zero-order valence-corrected chi connectivity index (χ0v) is 16.9. The van der Waals surface area contributed by atoms with E-state index in [0.717, 1.165) is 11.6 Å². The van der Waals surface area contributed by atoms with Gasteiger partial charge in [-0.2, -0.15) is 13.2 Å². The van der Waals surface area contributed by atoms with E-state index in [1.54, 1.807) is 36.4 Å². The highest BCUT2D eigenvalue weighted by atomic mass is 19.4. The second-order valence-electron chi connectivity index (χ2n) is 6.96. The molecule has 3 rings (SSSR count). The Morgan fingerprint density at radius 1 is 1.09 bits per heavy atom. The van der Waals surface area contributed by atoms with Gasteiger partial charge in [-0.3, -0.25) is 20.8 Å². The van der Waals surface area contributed by atoms with Gasteiger partial charge < -0.3 is 10.1 Å². The van der Waals surface area contributed by atoms with Gasteiger partial charge in [0.05, 0.1) is 5.56 Å². The molecule has 2 aromatic carbocycles. The number of carbonyl (C=O) groups excluding carboxylic acids is 2. The summed E-state index contributed by atoms with van der Waals surface area (Å²) in [5.41, 5.74) is 0.0774. The third-order valence-corrected chi connectivity index (χ3v) is 4.68. The number of alkyl halides is 3. The first-order chi connectivity index (χ1) is 15.2. The summed E-state index contributed by atoms with van der Waals surface area (Å²) in [6.07, 6.45) is -3.52. The molecule has 1 aliphatic rings. The molecule has 0 fully saturated rings. The third kappa shape index (κ3) is 6.17. The van der Waals surface area contributed by atoms with Gasteiger partial charge in [0.2, 0.25) is 5.96 Å². The Hall–Kier alpha value is -3.66. The van der Waals surface area contributed by atoms with Gasteiger partial charge in [-0.25, -0.2) is 4.79 Å². The maximum atomic E-state index is 13.6. The zero-order chi connectivity index (χ0) is 23.1. The summed E-state index contributed by atoms with van der Waals surface area (Å²) in [4.78, 5) is 24.1. The van der Waals surface area contributed by atoms with Crippen LogP contribution >= 0.6 is 0 Å². The highest BCUT2D eigenvalue weighted by molar-refractivity contribution is 6.08. The molecular formula is C22H21F3N4O3. The van der Waals surface area contributed by atoms with Gasteiger partial charge in [0.15, 0.2) is 0 Å². The molecule has 2 aromatic rings. The van der Waals surface area contributed by atoms with Crippen molar-refractivity contribution in [2.75, 3.05) is 13.1 Å². The van der Waals surface area contributed by atoms with Crippen molar-refractivity contribution in [3.05, 3.63) is 76.9 Å². The monoisotopic (exact) mass is 446 g/mol. The van der Waals surface area contributed by atoms with Crippen molar-refractivity contribution in [3.63, 3.8) is 0 Å². The SMILES string of the molecule is N=C(NC(=O)OCc1ccccc1)NC(=O)c1ccc(C2=CCNCC2)c(C(F)(F)F)c1. The van der Waals surface area contributed by atoms with Crippen LogP contribution in [0.3, 0.4) is 0 Å². The zero-order valence-electron chi connectivity index (χ0n) is 16.9. The Morgan fingerprint density at radius 2 is 1.84 bits per heavy atom. The van der Waals surface area contributed by atoms with Gasteiger partial charge >= 0.3 is 12.3 Å². The number of hydrogen-bond donors (Lipinski definition) is 4. The first-order valence-electron chi connectivity index (χ1n) is 9.73. The molecule has 0 aromatic heterocycles. The van der Waals surface area contributed by atoms with E-state index in [4.69, 9.17) is 10.1 Å². The maximum Gasteiger partial charge on any atom is 0.417 e. The van der Waals surface area contributed by atoms with Crippen LogP contribution in [0.4, 0.5) is 18.0 Å². The quantitative estimate of drug-likeness (QED) is 0.425. The summed E-state index contributed by atoms with van der Waals surface area (Å²) in [7, 11) is 0. The van der Waals surface area contributed by atoms with Gasteiger partial charge in [0, 0.05) is 12.1 Å². The van der Waals surface area contributed by atoms with Crippen LogP contribution in [0, 0.1) is 5.41 Å². The van der Waals surface area contributed by atoms with Crippen LogP contribution < -0.4 is 16.0 Å². The molecule has 0 spiro atoms. The third-order valence-electron chi connectivity index (χ3n) is 4.68. The van der Waals surface area contributed by atoms with Crippen LogP contribution in [-0.2, 0) is 17.5 Å². The Morgan fingerprint density at radius 3 is 2.50 bits per heavy atom. The summed E-state index contributed by atoms with van der Waals surface area (Å²) < 4.78 is 45.8. The number of amides is 2. The molecule has 7 nitrogen and oxygen atoms in total. The second kappa shape index (κ2) is 10.1. The number of hydrogen-bond acceptors (Lipinski definition) is 5. The summed E-state index contributed by atoms with van der Waals surface area (Å²) in [6, 6.07) is 12.1. The Bertz CT molecular complexity index is 1040. The number of carbonyl (C=O) groups is 2. The maximum absolute atomic E-state index is 13.6. The van der Waals surface area contributed by atoms with Gasteiger partial charge in [-0.15, -0.1) is 0 Å². The molecule has 0 atom stereocenters. The van der Waals surface area contributed by atoms with Crippen molar-refractivity contribution >= 4 is 23.5 Å². The van der Waals surface area contributed by atoms with Gasteiger partial charge in [0.25, 0.3) is 5.91 Å². The molecule has 1 heterocycles. The van der Waals surface area contributed by atoms with Crippen LogP contribution in [0.5, 0.6) is 0 Å². The van der Waals surface area contributed by atoms with E-state index in [1.165, 1.54) is 12.1 Å². The number of alkyl carbamates (subject to hydrolysis) is 1. The lowest BCUT2D eigenvalue weighted by Crippen LogP contribution is -2.43. The van der Waals surface area contributed by atoms with E-state index >= 15 is 0 Å². The van der Waals surface area contributed by atoms with Crippen molar-refractivity contribution in [3.8, 4) is 0 Å². The lowest BCUT2D eigenvalue weighted by molar-refractivity contribution is -0.137. The number of guanidine groups is 1. The van der Waals surface area contributed by atoms with Gasteiger partial charge in [0.1, 0.15) is 6.61 Å². The molecule has 0 saturated heterocycles. The van der Waals surface area contributed by atoms with Crippen molar-refractivity contribution in [2.45, 2.75) is 19.2 Å². The number of ether oxygens (including phenoxy) is 1. The molecule has 0 unspecified atom stereocenters. The van der Waals surface area contributed by atoms with Crippen LogP contribution in [0.25, 0.3) is 5.57 Å².